The van der Waals surface area contributed by atoms with Crippen molar-refractivity contribution in [2.75, 3.05) is 13.7 Å². The number of carbonyl (C=O) groups excluding carboxylic acids is 2. The van der Waals surface area contributed by atoms with Crippen molar-refractivity contribution in [3.63, 3.8) is 0 Å². The summed E-state index contributed by atoms with van der Waals surface area (Å²) in [7, 11) is 1.61. The lowest BCUT2D eigenvalue weighted by Crippen LogP contribution is -2.38. The van der Waals surface area contributed by atoms with Gasteiger partial charge in [0.05, 0.1) is 13.7 Å². The topological polar surface area (TPSA) is 65.0 Å². The van der Waals surface area contributed by atoms with E-state index in [1.807, 2.05) is 69.3 Å². The Kier molecular flexibility index (Phi) is 7.22. The minimum atomic E-state index is -0.637. The summed E-state index contributed by atoms with van der Waals surface area (Å²) in [6.45, 7) is 6.19. The van der Waals surface area contributed by atoms with Gasteiger partial charge in [0.2, 0.25) is 0 Å². The van der Waals surface area contributed by atoms with Crippen LogP contribution < -0.4 is 4.74 Å². The Morgan fingerprint density at radius 2 is 1.71 bits per heavy atom. The first kappa shape index (κ1) is 24.2. The quantitative estimate of drug-likeness (QED) is 0.468. The SMILES string of the molecule is COc1ccc([C@@H]2C3=C(C[C@H](c4ccc(Cl)cc4)CC3=O)N=C(C)C2C(=O)OCC(C)C)cc1. The van der Waals surface area contributed by atoms with E-state index in [0.29, 0.717) is 35.8 Å². The third-order valence-electron chi connectivity index (χ3n) is 6.52. The molecule has 0 bridgehead atoms. The summed E-state index contributed by atoms with van der Waals surface area (Å²) in [5, 5.41) is 0.666. The highest BCUT2D eigenvalue weighted by molar-refractivity contribution is 6.30. The van der Waals surface area contributed by atoms with Gasteiger partial charge in [-0.05, 0) is 60.6 Å². The van der Waals surface area contributed by atoms with Crippen LogP contribution in [0.25, 0.3) is 0 Å². The molecule has 1 heterocycles. The van der Waals surface area contributed by atoms with Gasteiger partial charge in [-0.15, -0.1) is 0 Å². The van der Waals surface area contributed by atoms with Crippen LogP contribution in [0.3, 0.4) is 0 Å². The Balaban J connectivity index is 1.75. The number of benzene rings is 2. The number of Topliss-reactive ketones (excluding diaryl/α,β-unsaturated/α-hetero) is 1. The number of nitrogens with zero attached hydrogens (tertiary/aromatic N) is 1. The molecule has 1 aliphatic heterocycles. The van der Waals surface area contributed by atoms with Crippen molar-refractivity contribution in [3.8, 4) is 5.75 Å². The van der Waals surface area contributed by atoms with E-state index in [0.717, 1.165) is 22.6 Å². The van der Waals surface area contributed by atoms with Gasteiger partial charge < -0.3 is 9.47 Å². The summed E-state index contributed by atoms with van der Waals surface area (Å²) in [6.07, 6.45) is 1.01. The highest BCUT2D eigenvalue weighted by atomic mass is 35.5. The van der Waals surface area contributed by atoms with Gasteiger partial charge >= 0.3 is 5.97 Å². The third-order valence-corrected chi connectivity index (χ3v) is 6.77. The van der Waals surface area contributed by atoms with E-state index in [-0.39, 0.29) is 23.6 Å². The van der Waals surface area contributed by atoms with Gasteiger partial charge in [-0.25, -0.2) is 0 Å². The van der Waals surface area contributed by atoms with Crippen LogP contribution >= 0.6 is 11.6 Å². The average Bonchev–Trinajstić information content (AvgIpc) is 2.82. The molecule has 6 heteroatoms. The molecule has 5 nitrogen and oxygen atoms in total. The zero-order chi connectivity index (χ0) is 24.4. The Morgan fingerprint density at radius 1 is 1.06 bits per heavy atom. The number of esters is 1. The first-order valence-corrected chi connectivity index (χ1v) is 12.0. The summed E-state index contributed by atoms with van der Waals surface area (Å²) in [5.74, 6) is -0.416. The van der Waals surface area contributed by atoms with Crippen molar-refractivity contribution < 1.29 is 19.1 Å². The number of rotatable bonds is 6. The van der Waals surface area contributed by atoms with Crippen molar-refractivity contribution in [2.24, 2.45) is 16.8 Å². The highest BCUT2D eigenvalue weighted by Crippen LogP contribution is 2.47. The number of methoxy groups -OCH3 is 1. The van der Waals surface area contributed by atoms with Crippen molar-refractivity contribution in [1.29, 1.82) is 0 Å². The van der Waals surface area contributed by atoms with Gasteiger partial charge in [0.15, 0.2) is 5.78 Å². The molecule has 2 aromatic rings. The van der Waals surface area contributed by atoms with Crippen LogP contribution in [0.4, 0.5) is 0 Å². The zero-order valence-electron chi connectivity index (χ0n) is 20.0. The van der Waals surface area contributed by atoms with E-state index in [9.17, 15) is 9.59 Å². The molecule has 0 amide bonds. The fourth-order valence-corrected chi connectivity index (χ4v) is 4.97. The van der Waals surface area contributed by atoms with Gasteiger partial charge in [0.1, 0.15) is 11.7 Å². The smallest absolute Gasteiger partial charge is 0.315 e. The molecule has 34 heavy (non-hydrogen) atoms. The van der Waals surface area contributed by atoms with Crippen LogP contribution in [0.1, 0.15) is 56.6 Å². The fourth-order valence-electron chi connectivity index (χ4n) is 4.85. The van der Waals surface area contributed by atoms with E-state index in [2.05, 4.69) is 0 Å². The lowest BCUT2D eigenvalue weighted by atomic mass is 9.69. The standard InChI is InChI=1S/C28H30ClNO4/c1-16(2)15-34-28(32)25-17(3)30-23-13-20(18-5-9-21(29)10-6-18)14-24(31)27(23)26(25)19-7-11-22(33-4)12-8-19/h5-12,16,20,25-26H,13-15H2,1-4H3/t20-,25?,26-/m0/s1. The summed E-state index contributed by atoms with van der Waals surface area (Å²) in [6, 6.07) is 15.2. The second-order valence-electron chi connectivity index (χ2n) is 9.45. The number of hydrogen-bond donors (Lipinski definition) is 0. The maximum absolute atomic E-state index is 13.6. The first-order valence-electron chi connectivity index (χ1n) is 11.7. The fraction of sp³-hybridized carbons (Fsp3) is 0.393. The van der Waals surface area contributed by atoms with E-state index >= 15 is 0 Å². The number of allylic oxidation sites excluding steroid dienone is 2. The summed E-state index contributed by atoms with van der Waals surface area (Å²) in [4.78, 5) is 31.7. The number of ether oxygens (including phenoxy) is 2. The molecule has 0 saturated carbocycles. The molecule has 4 rings (SSSR count). The van der Waals surface area contributed by atoms with E-state index in [1.54, 1.807) is 7.11 Å². The Morgan fingerprint density at radius 3 is 2.32 bits per heavy atom. The van der Waals surface area contributed by atoms with Gasteiger partial charge in [-0.3, -0.25) is 14.6 Å². The van der Waals surface area contributed by atoms with E-state index in [1.165, 1.54) is 0 Å². The first-order chi connectivity index (χ1) is 16.3. The maximum Gasteiger partial charge on any atom is 0.315 e. The maximum atomic E-state index is 13.6. The predicted molar refractivity (Wildman–Crippen MR) is 134 cm³/mol. The van der Waals surface area contributed by atoms with Crippen LogP contribution in [0.15, 0.2) is 64.8 Å². The molecule has 0 saturated heterocycles. The predicted octanol–water partition coefficient (Wildman–Crippen LogP) is 6.12. The molecule has 3 atom stereocenters. The monoisotopic (exact) mass is 479 g/mol. The molecule has 0 N–H and O–H groups in total. The molecule has 1 unspecified atom stereocenters. The molecule has 0 spiro atoms. The lowest BCUT2D eigenvalue weighted by Gasteiger charge is -2.36. The van der Waals surface area contributed by atoms with Gasteiger partial charge in [0, 0.05) is 34.3 Å². The molecule has 178 valence electrons. The van der Waals surface area contributed by atoms with E-state index in [4.69, 9.17) is 26.1 Å². The van der Waals surface area contributed by atoms with Crippen molar-refractivity contribution in [1.82, 2.24) is 0 Å². The number of ketones is 1. The number of carbonyl (C=O) groups is 2. The molecular weight excluding hydrogens is 450 g/mol. The molecule has 2 aromatic carbocycles. The summed E-state index contributed by atoms with van der Waals surface area (Å²) < 4.78 is 10.9. The summed E-state index contributed by atoms with van der Waals surface area (Å²) >= 11 is 6.06. The minimum absolute atomic E-state index is 0.0277. The Hall–Kier alpha value is -2.92. The molecule has 1 aliphatic carbocycles. The largest absolute Gasteiger partial charge is 0.497 e. The van der Waals surface area contributed by atoms with E-state index < -0.39 is 11.8 Å². The van der Waals surface area contributed by atoms with Crippen LogP contribution in [0.5, 0.6) is 5.75 Å². The number of aliphatic imine (C=N–C) groups is 1. The average molecular weight is 480 g/mol. The molecule has 0 radical (unpaired) electrons. The number of hydrogen-bond acceptors (Lipinski definition) is 5. The normalized spacial score (nSPS) is 22.4. The zero-order valence-corrected chi connectivity index (χ0v) is 20.8. The van der Waals surface area contributed by atoms with Gasteiger partial charge in [0.25, 0.3) is 0 Å². The number of halogens is 1. The third kappa shape index (κ3) is 4.95. The van der Waals surface area contributed by atoms with Crippen LogP contribution in [-0.2, 0) is 14.3 Å². The second-order valence-corrected chi connectivity index (χ2v) is 9.88. The molecule has 2 aliphatic rings. The van der Waals surface area contributed by atoms with Crippen LogP contribution in [-0.4, -0.2) is 31.2 Å². The molecule has 0 aromatic heterocycles. The van der Waals surface area contributed by atoms with Crippen molar-refractivity contribution in [3.05, 3.63) is 76.0 Å². The highest BCUT2D eigenvalue weighted by Gasteiger charge is 2.44. The molecule has 0 fully saturated rings. The van der Waals surface area contributed by atoms with Crippen molar-refractivity contribution in [2.45, 2.75) is 45.4 Å². The minimum Gasteiger partial charge on any atom is -0.497 e. The van der Waals surface area contributed by atoms with Crippen LogP contribution in [0, 0.1) is 11.8 Å². The Labute approximate surface area is 205 Å². The second kappa shape index (κ2) is 10.1. The molecular formula is C28H30ClNO4. The van der Waals surface area contributed by atoms with Crippen LogP contribution in [0.2, 0.25) is 5.02 Å². The lowest BCUT2D eigenvalue weighted by molar-refractivity contribution is -0.147. The van der Waals surface area contributed by atoms with Gasteiger partial charge in [-0.1, -0.05) is 49.7 Å². The van der Waals surface area contributed by atoms with Gasteiger partial charge in [-0.2, -0.15) is 0 Å². The Bertz CT molecular complexity index is 1130. The van der Waals surface area contributed by atoms with Crippen molar-refractivity contribution >= 4 is 29.1 Å². The summed E-state index contributed by atoms with van der Waals surface area (Å²) in [5.41, 5.74) is 4.02.